The average molecular weight is 343 g/mol. The van der Waals surface area contributed by atoms with Crippen molar-refractivity contribution >= 4 is 11.9 Å². The molecular weight excluding hydrogens is 315 g/mol. The molecule has 0 saturated heterocycles. The Kier molecular flexibility index (Phi) is 18.4. The van der Waals surface area contributed by atoms with Crippen molar-refractivity contribution in [3.8, 4) is 0 Å². The molecule has 5 heteroatoms. The first-order valence-electron chi connectivity index (χ1n) is 7.73. The number of hydrogen-bond acceptors (Lipinski definition) is 3. The van der Waals surface area contributed by atoms with Gasteiger partial charge in [0.25, 0.3) is 0 Å². The summed E-state index contributed by atoms with van der Waals surface area (Å²) in [5.74, 6) is -1.47. The third-order valence-electron chi connectivity index (χ3n) is 3.06. The fraction of sp³-hybridized carbons (Fsp3) is 0.750. The molecule has 0 aliphatic heterocycles. The maximum absolute atomic E-state index is 11.1. The molecular formula is C16H28NiO4. The summed E-state index contributed by atoms with van der Waals surface area (Å²) >= 11 is 0. The van der Waals surface area contributed by atoms with Crippen LogP contribution in [0.5, 0.6) is 0 Å². The van der Waals surface area contributed by atoms with Gasteiger partial charge in [-0.15, -0.1) is 0 Å². The topological polar surface area (TPSA) is 63.6 Å². The Morgan fingerprint density at radius 2 is 1.52 bits per heavy atom. The number of hydrogen-bond donors (Lipinski definition) is 1. The summed E-state index contributed by atoms with van der Waals surface area (Å²) in [6.45, 7) is 2.22. The van der Waals surface area contributed by atoms with Crippen LogP contribution >= 0.6 is 0 Å². The van der Waals surface area contributed by atoms with Gasteiger partial charge in [0.15, 0.2) is 0 Å². The number of carbonyl (C=O) groups is 2. The Morgan fingerprint density at radius 1 is 0.952 bits per heavy atom. The van der Waals surface area contributed by atoms with Gasteiger partial charge in [0, 0.05) is 16.5 Å². The molecule has 0 amide bonds. The van der Waals surface area contributed by atoms with Gasteiger partial charge < -0.3 is 9.84 Å². The Labute approximate surface area is 138 Å². The van der Waals surface area contributed by atoms with Crippen LogP contribution in [-0.2, 0) is 30.8 Å². The van der Waals surface area contributed by atoms with Gasteiger partial charge in [0.1, 0.15) is 0 Å². The van der Waals surface area contributed by atoms with E-state index in [1.165, 1.54) is 51.2 Å². The minimum absolute atomic E-state index is 0. The summed E-state index contributed by atoms with van der Waals surface area (Å²) in [6, 6.07) is 0. The third-order valence-corrected chi connectivity index (χ3v) is 3.06. The first-order chi connectivity index (χ1) is 9.66. The summed E-state index contributed by atoms with van der Waals surface area (Å²) in [6.07, 6.45) is 14.1. The van der Waals surface area contributed by atoms with Gasteiger partial charge in [-0.25, -0.2) is 0 Å². The second-order valence-electron chi connectivity index (χ2n) is 5.02. The van der Waals surface area contributed by atoms with Gasteiger partial charge in [-0.1, -0.05) is 51.9 Å². The predicted molar refractivity (Wildman–Crippen MR) is 79.3 cm³/mol. The number of rotatable bonds is 13. The first kappa shape index (κ1) is 22.5. The van der Waals surface area contributed by atoms with E-state index in [-0.39, 0.29) is 29.3 Å². The van der Waals surface area contributed by atoms with Crippen LogP contribution < -0.4 is 0 Å². The number of unbranched alkanes of at least 4 members (excludes halogenated alkanes) is 8. The van der Waals surface area contributed by atoms with E-state index in [1.54, 1.807) is 0 Å². The van der Waals surface area contributed by atoms with E-state index >= 15 is 0 Å². The molecule has 0 aromatic carbocycles. The van der Waals surface area contributed by atoms with Gasteiger partial charge in [0.2, 0.25) is 0 Å². The summed E-state index contributed by atoms with van der Waals surface area (Å²) in [4.78, 5) is 21.3. The minimum Gasteiger partial charge on any atom is -0.481 e. The van der Waals surface area contributed by atoms with Gasteiger partial charge in [-0.2, -0.15) is 0 Å². The molecule has 0 fully saturated rings. The van der Waals surface area contributed by atoms with E-state index in [2.05, 4.69) is 6.92 Å². The Bertz CT molecular complexity index is 290. The summed E-state index contributed by atoms with van der Waals surface area (Å²) in [7, 11) is 0. The van der Waals surface area contributed by atoms with Crippen molar-refractivity contribution in [3.05, 3.63) is 12.3 Å². The molecule has 126 valence electrons. The molecule has 0 spiro atoms. The molecule has 0 atom stereocenters. The maximum Gasteiger partial charge on any atom is 0.311 e. The van der Waals surface area contributed by atoms with Crippen LogP contribution in [0.3, 0.4) is 0 Å². The summed E-state index contributed by atoms with van der Waals surface area (Å²) < 4.78 is 4.78. The molecule has 0 rings (SSSR count). The number of carboxylic acids is 1. The van der Waals surface area contributed by atoms with Gasteiger partial charge in [-0.3, -0.25) is 9.59 Å². The van der Waals surface area contributed by atoms with Gasteiger partial charge >= 0.3 is 11.9 Å². The van der Waals surface area contributed by atoms with Crippen molar-refractivity contribution in [3.63, 3.8) is 0 Å². The fourth-order valence-electron chi connectivity index (χ4n) is 1.86. The average Bonchev–Trinajstić information content (AvgIpc) is 2.42. The van der Waals surface area contributed by atoms with Crippen LogP contribution in [0.4, 0.5) is 0 Å². The van der Waals surface area contributed by atoms with E-state index in [9.17, 15) is 9.59 Å². The van der Waals surface area contributed by atoms with Crippen molar-refractivity contribution in [2.75, 3.05) is 0 Å². The quantitative estimate of drug-likeness (QED) is 0.232. The second-order valence-corrected chi connectivity index (χ2v) is 5.02. The Hall–Kier alpha value is -0.826. The second kappa shape index (κ2) is 17.2. The summed E-state index contributed by atoms with van der Waals surface area (Å²) in [5.41, 5.74) is 0. The van der Waals surface area contributed by atoms with Crippen molar-refractivity contribution in [2.45, 2.75) is 77.6 Å². The van der Waals surface area contributed by atoms with Crippen molar-refractivity contribution < 1.29 is 35.9 Å². The smallest absolute Gasteiger partial charge is 0.311 e. The Balaban J connectivity index is 0. The van der Waals surface area contributed by atoms with Crippen molar-refractivity contribution in [2.24, 2.45) is 0 Å². The van der Waals surface area contributed by atoms with E-state index in [0.717, 1.165) is 12.8 Å². The zero-order chi connectivity index (χ0) is 15.1. The molecule has 0 unspecified atom stereocenters. The molecule has 4 nitrogen and oxygen atoms in total. The number of carboxylic acid groups (broad SMARTS) is 1. The Morgan fingerprint density at radius 3 is 2.10 bits per heavy atom. The number of aliphatic carboxylic acids is 1. The predicted octanol–water partition coefficient (Wildman–Crippen LogP) is 4.44. The zero-order valence-corrected chi connectivity index (χ0v) is 13.9. The molecule has 0 radical (unpaired) electrons. The standard InChI is InChI=1S/C16H28O4.Ni/c1-2-3-4-5-6-7-8-9-10-11-14-20-16(19)13-12-15(17)18;/h11,14H,2-10,12-13H2,1H3,(H,17,18);/b14-11+;. The van der Waals surface area contributed by atoms with Crippen LogP contribution in [0.2, 0.25) is 0 Å². The third kappa shape index (κ3) is 19.2. The molecule has 0 heterocycles. The van der Waals surface area contributed by atoms with Crippen molar-refractivity contribution in [1.29, 1.82) is 0 Å². The molecule has 1 N–H and O–H groups in total. The molecule has 0 aliphatic rings. The number of esters is 1. The van der Waals surface area contributed by atoms with Crippen LogP contribution in [0.15, 0.2) is 12.3 Å². The largest absolute Gasteiger partial charge is 0.481 e. The molecule has 21 heavy (non-hydrogen) atoms. The fourth-order valence-corrected chi connectivity index (χ4v) is 1.86. The van der Waals surface area contributed by atoms with Gasteiger partial charge in [0.05, 0.1) is 19.1 Å². The van der Waals surface area contributed by atoms with Crippen LogP contribution in [0.25, 0.3) is 0 Å². The van der Waals surface area contributed by atoms with Crippen LogP contribution in [0, 0.1) is 0 Å². The monoisotopic (exact) mass is 342 g/mol. The molecule has 0 aliphatic carbocycles. The summed E-state index contributed by atoms with van der Waals surface area (Å²) in [5, 5.41) is 8.40. The molecule has 0 saturated carbocycles. The molecule has 0 aromatic heterocycles. The molecule has 0 aromatic rings. The maximum atomic E-state index is 11.1. The normalized spacial score (nSPS) is 10.3. The minimum atomic E-state index is -0.982. The SMILES string of the molecule is CCCCCCCCCC/C=C/OC(=O)CCC(=O)O.[Ni]. The molecule has 0 bridgehead atoms. The number of allylic oxidation sites excluding steroid dienone is 1. The number of ether oxygens (including phenoxy) is 1. The van der Waals surface area contributed by atoms with Crippen molar-refractivity contribution in [1.82, 2.24) is 0 Å². The van der Waals surface area contributed by atoms with E-state index < -0.39 is 11.9 Å². The zero-order valence-electron chi connectivity index (χ0n) is 12.9. The van der Waals surface area contributed by atoms with Crippen LogP contribution in [0.1, 0.15) is 77.6 Å². The van der Waals surface area contributed by atoms with E-state index in [0.29, 0.717) is 0 Å². The first-order valence-corrected chi connectivity index (χ1v) is 7.73. The van der Waals surface area contributed by atoms with E-state index in [4.69, 9.17) is 9.84 Å². The van der Waals surface area contributed by atoms with Gasteiger partial charge in [-0.05, 0) is 18.9 Å². The van der Waals surface area contributed by atoms with E-state index in [1.807, 2.05) is 6.08 Å². The van der Waals surface area contributed by atoms with Crippen LogP contribution in [-0.4, -0.2) is 17.0 Å². The number of carbonyl (C=O) groups excluding carboxylic acids is 1.